The SMILES string of the molecule is CCOC(C)=Cc1oc2ccc(Br)cc2[n+]1CC. The Morgan fingerprint density at radius 3 is 2.89 bits per heavy atom. The zero-order chi connectivity index (χ0) is 13.1. The Hall–Kier alpha value is -1.29. The molecule has 3 nitrogen and oxygen atoms in total. The van der Waals surface area contributed by atoms with Crippen LogP contribution in [0.15, 0.2) is 32.8 Å². The van der Waals surface area contributed by atoms with Crippen LogP contribution in [0.3, 0.4) is 0 Å². The number of benzene rings is 1. The molecule has 4 heteroatoms. The van der Waals surface area contributed by atoms with Crippen molar-refractivity contribution in [1.29, 1.82) is 0 Å². The highest BCUT2D eigenvalue weighted by Gasteiger charge is 2.19. The average Bonchev–Trinajstić information content (AvgIpc) is 2.65. The summed E-state index contributed by atoms with van der Waals surface area (Å²) in [6.07, 6.45) is 1.93. The third kappa shape index (κ3) is 2.58. The minimum absolute atomic E-state index is 0.667. The maximum absolute atomic E-state index is 5.85. The van der Waals surface area contributed by atoms with Crippen LogP contribution in [0.5, 0.6) is 0 Å². The lowest BCUT2D eigenvalue weighted by atomic mass is 10.3. The number of rotatable bonds is 4. The number of ether oxygens (including phenoxy) is 1. The second kappa shape index (κ2) is 5.57. The molecule has 0 saturated carbocycles. The maximum Gasteiger partial charge on any atom is 0.377 e. The normalized spacial score (nSPS) is 12.1. The van der Waals surface area contributed by atoms with Crippen LogP contribution in [-0.4, -0.2) is 6.61 Å². The quantitative estimate of drug-likeness (QED) is 0.632. The molecule has 0 aliphatic carbocycles. The summed E-state index contributed by atoms with van der Waals surface area (Å²) in [4.78, 5) is 0. The molecule has 0 aliphatic rings. The summed E-state index contributed by atoms with van der Waals surface area (Å²) in [7, 11) is 0. The van der Waals surface area contributed by atoms with E-state index in [4.69, 9.17) is 9.15 Å². The van der Waals surface area contributed by atoms with E-state index in [0.29, 0.717) is 6.61 Å². The molecule has 1 aromatic heterocycles. The molecular formula is C14H17BrNO2+. The Kier molecular flexibility index (Phi) is 4.07. The van der Waals surface area contributed by atoms with E-state index in [9.17, 15) is 0 Å². The predicted molar refractivity (Wildman–Crippen MR) is 75.1 cm³/mol. The molecular weight excluding hydrogens is 294 g/mol. The van der Waals surface area contributed by atoms with E-state index < -0.39 is 0 Å². The first-order chi connectivity index (χ1) is 8.65. The fourth-order valence-corrected chi connectivity index (χ4v) is 2.30. The predicted octanol–water partition coefficient (Wildman–Crippen LogP) is 3.90. The molecule has 0 aliphatic heterocycles. The van der Waals surface area contributed by atoms with E-state index in [-0.39, 0.29) is 0 Å². The van der Waals surface area contributed by atoms with Crippen LogP contribution in [0.1, 0.15) is 26.7 Å². The molecule has 0 bridgehead atoms. The van der Waals surface area contributed by atoms with Crippen molar-refractivity contribution in [3.63, 3.8) is 0 Å². The van der Waals surface area contributed by atoms with Crippen molar-refractivity contribution in [1.82, 2.24) is 0 Å². The van der Waals surface area contributed by atoms with Gasteiger partial charge in [0.15, 0.2) is 0 Å². The fourth-order valence-electron chi connectivity index (χ4n) is 1.95. The van der Waals surface area contributed by atoms with E-state index in [2.05, 4.69) is 33.5 Å². The van der Waals surface area contributed by atoms with E-state index in [0.717, 1.165) is 33.8 Å². The molecule has 0 radical (unpaired) electrons. The number of hydrogen-bond donors (Lipinski definition) is 0. The Morgan fingerprint density at radius 2 is 2.22 bits per heavy atom. The standard InChI is InChI=1S/C14H17BrNO2/c1-4-16-12-9-11(15)6-7-13(12)18-14(16)8-10(3)17-5-2/h6-9H,4-5H2,1-3H3/q+1. The molecule has 0 atom stereocenters. The Labute approximate surface area is 115 Å². The van der Waals surface area contributed by atoms with Crippen LogP contribution in [0.2, 0.25) is 0 Å². The maximum atomic E-state index is 5.85. The number of hydrogen-bond acceptors (Lipinski definition) is 2. The molecule has 0 spiro atoms. The van der Waals surface area contributed by atoms with Gasteiger partial charge in [-0.3, -0.25) is 0 Å². The zero-order valence-electron chi connectivity index (χ0n) is 10.9. The molecule has 2 rings (SSSR count). The smallest absolute Gasteiger partial charge is 0.377 e. The highest BCUT2D eigenvalue weighted by Crippen LogP contribution is 2.20. The minimum Gasteiger partial charge on any atom is -0.498 e. The van der Waals surface area contributed by atoms with Gasteiger partial charge in [-0.2, -0.15) is 4.57 Å². The number of aryl methyl sites for hydroxylation is 1. The molecule has 1 heterocycles. The number of allylic oxidation sites excluding steroid dienone is 1. The number of halogens is 1. The summed E-state index contributed by atoms with van der Waals surface area (Å²) in [5, 5.41) is 0. The van der Waals surface area contributed by atoms with E-state index in [1.54, 1.807) is 0 Å². The van der Waals surface area contributed by atoms with Gasteiger partial charge in [0, 0.05) is 10.5 Å². The first kappa shape index (κ1) is 13.1. The van der Waals surface area contributed by atoms with Crippen molar-refractivity contribution < 1.29 is 13.7 Å². The Morgan fingerprint density at radius 1 is 1.44 bits per heavy atom. The molecule has 0 amide bonds. The van der Waals surface area contributed by atoms with Crippen LogP contribution < -0.4 is 4.57 Å². The van der Waals surface area contributed by atoms with E-state index in [1.165, 1.54) is 0 Å². The molecule has 1 aromatic carbocycles. The van der Waals surface area contributed by atoms with Crippen molar-refractivity contribution in [2.45, 2.75) is 27.3 Å². The average molecular weight is 311 g/mol. The van der Waals surface area contributed by atoms with Crippen LogP contribution in [-0.2, 0) is 11.3 Å². The van der Waals surface area contributed by atoms with Gasteiger partial charge in [-0.05, 0) is 32.9 Å². The topological polar surface area (TPSA) is 26.2 Å². The van der Waals surface area contributed by atoms with Gasteiger partial charge >= 0.3 is 5.89 Å². The lowest BCUT2D eigenvalue weighted by Gasteiger charge is -1.99. The second-order valence-electron chi connectivity index (χ2n) is 3.98. The highest BCUT2D eigenvalue weighted by molar-refractivity contribution is 9.10. The van der Waals surface area contributed by atoms with Crippen LogP contribution >= 0.6 is 15.9 Å². The van der Waals surface area contributed by atoms with Crippen molar-refractivity contribution >= 4 is 33.1 Å². The summed E-state index contributed by atoms with van der Waals surface area (Å²) in [6.45, 7) is 7.53. The zero-order valence-corrected chi connectivity index (χ0v) is 12.5. The lowest BCUT2D eigenvalue weighted by Crippen LogP contribution is -2.33. The number of nitrogens with zero attached hydrogens (tertiary/aromatic N) is 1. The third-order valence-electron chi connectivity index (χ3n) is 2.71. The van der Waals surface area contributed by atoms with Crippen LogP contribution in [0, 0.1) is 0 Å². The van der Waals surface area contributed by atoms with Gasteiger partial charge in [-0.1, -0.05) is 15.9 Å². The van der Waals surface area contributed by atoms with Gasteiger partial charge < -0.3 is 9.15 Å². The highest BCUT2D eigenvalue weighted by atomic mass is 79.9. The van der Waals surface area contributed by atoms with Crippen LogP contribution in [0.25, 0.3) is 17.2 Å². The number of fused-ring (bicyclic) bond motifs is 1. The summed E-state index contributed by atoms with van der Waals surface area (Å²) in [6, 6.07) is 6.02. The van der Waals surface area contributed by atoms with Gasteiger partial charge in [-0.15, -0.1) is 0 Å². The molecule has 96 valence electrons. The van der Waals surface area contributed by atoms with Gasteiger partial charge in [0.25, 0.3) is 5.52 Å². The first-order valence-corrected chi connectivity index (χ1v) is 6.88. The summed E-state index contributed by atoms with van der Waals surface area (Å²) < 4.78 is 14.5. The molecule has 0 fully saturated rings. The van der Waals surface area contributed by atoms with E-state index >= 15 is 0 Å². The molecule has 18 heavy (non-hydrogen) atoms. The summed E-state index contributed by atoms with van der Waals surface area (Å²) in [5.41, 5.74) is 1.97. The summed E-state index contributed by atoms with van der Waals surface area (Å²) in [5.74, 6) is 1.68. The monoisotopic (exact) mass is 310 g/mol. The lowest BCUT2D eigenvalue weighted by molar-refractivity contribution is -0.674. The second-order valence-corrected chi connectivity index (χ2v) is 4.90. The molecule has 0 N–H and O–H groups in total. The van der Waals surface area contributed by atoms with Gasteiger partial charge in [0.2, 0.25) is 5.58 Å². The first-order valence-electron chi connectivity index (χ1n) is 6.08. The van der Waals surface area contributed by atoms with Gasteiger partial charge in [0.05, 0.1) is 12.7 Å². The molecule has 2 aromatic rings. The third-order valence-corrected chi connectivity index (χ3v) is 3.20. The Balaban J connectivity index is 2.54. The van der Waals surface area contributed by atoms with Crippen molar-refractivity contribution in [3.05, 3.63) is 34.3 Å². The molecule has 0 saturated heterocycles. The minimum atomic E-state index is 0.667. The van der Waals surface area contributed by atoms with Gasteiger partial charge in [0.1, 0.15) is 12.3 Å². The summed E-state index contributed by atoms with van der Waals surface area (Å²) >= 11 is 3.49. The molecule has 0 unspecified atom stereocenters. The van der Waals surface area contributed by atoms with Crippen molar-refractivity contribution in [3.8, 4) is 0 Å². The van der Waals surface area contributed by atoms with E-state index in [1.807, 2.05) is 32.1 Å². The largest absolute Gasteiger partial charge is 0.498 e. The number of oxazole rings is 1. The number of aromatic nitrogens is 1. The van der Waals surface area contributed by atoms with Crippen molar-refractivity contribution in [2.24, 2.45) is 0 Å². The Bertz CT molecular complexity index is 587. The van der Waals surface area contributed by atoms with Gasteiger partial charge in [-0.25, -0.2) is 0 Å². The van der Waals surface area contributed by atoms with Crippen molar-refractivity contribution in [2.75, 3.05) is 6.61 Å². The fraction of sp³-hybridized carbons (Fsp3) is 0.357. The van der Waals surface area contributed by atoms with Crippen LogP contribution in [0.4, 0.5) is 0 Å².